The Labute approximate surface area is 162 Å². The molecule has 0 radical (unpaired) electrons. The van der Waals surface area contributed by atoms with Gasteiger partial charge in [-0.05, 0) is 12.8 Å². The monoisotopic (exact) mass is 446 g/mol. The topological polar surface area (TPSA) is 158 Å². The van der Waals surface area contributed by atoms with Crippen molar-refractivity contribution in [3.05, 3.63) is 0 Å². The van der Waals surface area contributed by atoms with Crippen LogP contribution in [0.1, 0.15) is 25.7 Å². The fraction of sp³-hybridized carbons (Fsp3) is 0.857. The van der Waals surface area contributed by atoms with Crippen LogP contribution in [0.4, 0.5) is 9.59 Å². The van der Waals surface area contributed by atoms with Gasteiger partial charge in [-0.3, -0.25) is 8.37 Å². The van der Waals surface area contributed by atoms with Crippen LogP contribution in [0.5, 0.6) is 0 Å². The summed E-state index contributed by atoms with van der Waals surface area (Å²) >= 11 is 0. The smallest absolute Gasteiger partial charge is 0.430 e. The van der Waals surface area contributed by atoms with Crippen molar-refractivity contribution >= 4 is 32.5 Å². The molecule has 0 bridgehead atoms. The second kappa shape index (κ2) is 10.2. The molecule has 2 heterocycles. The van der Waals surface area contributed by atoms with Crippen molar-refractivity contribution in [3.63, 3.8) is 0 Å². The molecule has 0 aromatic heterocycles. The van der Waals surface area contributed by atoms with Gasteiger partial charge in [0, 0.05) is 0 Å². The molecule has 2 aliphatic heterocycles. The quantitative estimate of drug-likeness (QED) is 0.217. The van der Waals surface area contributed by atoms with Gasteiger partial charge in [0.1, 0.15) is 26.4 Å². The molecule has 2 saturated heterocycles. The first-order chi connectivity index (χ1) is 13.2. The summed E-state index contributed by atoms with van der Waals surface area (Å²) in [6.07, 6.45) is -1.66. The summed E-state index contributed by atoms with van der Waals surface area (Å²) in [6, 6.07) is 0. The molecule has 0 aliphatic carbocycles. The Morgan fingerprint density at radius 2 is 1.11 bits per heavy atom. The minimum Gasteiger partial charge on any atom is -0.430 e. The zero-order valence-corrected chi connectivity index (χ0v) is 16.6. The number of cyclic esters (lactones) is 4. The minimum absolute atomic E-state index is 0.0545. The SMILES string of the molecule is O=C1OCC(COS(=O)(=O)CCCCCCS(=O)(=O)OCC2COC(=O)O2)O1. The molecule has 0 aromatic carbocycles. The molecule has 0 saturated carbocycles. The molecule has 0 amide bonds. The molecule has 0 aromatic rings. The first-order valence-electron chi connectivity index (χ1n) is 8.56. The lowest BCUT2D eigenvalue weighted by atomic mass is 10.2. The third-order valence-electron chi connectivity index (χ3n) is 3.71. The molecule has 0 spiro atoms. The Morgan fingerprint density at radius 1 is 0.714 bits per heavy atom. The molecule has 14 heteroatoms. The normalized spacial score (nSPS) is 22.4. The summed E-state index contributed by atoms with van der Waals surface area (Å²) in [5, 5.41) is 0. The van der Waals surface area contributed by atoms with Crippen molar-refractivity contribution in [3.8, 4) is 0 Å². The molecule has 28 heavy (non-hydrogen) atoms. The van der Waals surface area contributed by atoms with Gasteiger partial charge in [0.05, 0.1) is 11.5 Å². The van der Waals surface area contributed by atoms with Crippen LogP contribution < -0.4 is 0 Å². The Balaban J connectivity index is 1.51. The van der Waals surface area contributed by atoms with Gasteiger partial charge in [0.25, 0.3) is 20.2 Å². The van der Waals surface area contributed by atoms with Gasteiger partial charge in [-0.25, -0.2) is 9.59 Å². The number of ether oxygens (including phenoxy) is 4. The Hall–Kier alpha value is -1.64. The van der Waals surface area contributed by atoms with Crippen molar-refractivity contribution in [2.45, 2.75) is 37.9 Å². The maximum absolute atomic E-state index is 11.7. The Kier molecular flexibility index (Phi) is 8.27. The first kappa shape index (κ1) is 22.6. The van der Waals surface area contributed by atoms with Crippen LogP contribution in [0.25, 0.3) is 0 Å². The van der Waals surface area contributed by atoms with Crippen molar-refractivity contribution in [1.82, 2.24) is 0 Å². The zero-order chi connectivity index (χ0) is 20.6. The molecular formula is C14H22O12S2. The van der Waals surface area contributed by atoms with E-state index in [9.17, 15) is 26.4 Å². The largest absolute Gasteiger partial charge is 0.508 e. The second-order valence-corrected chi connectivity index (χ2v) is 9.63. The number of rotatable bonds is 13. The first-order valence-corrected chi connectivity index (χ1v) is 11.7. The summed E-state index contributed by atoms with van der Waals surface area (Å²) in [6.45, 7) is -0.710. The van der Waals surface area contributed by atoms with Crippen LogP contribution in [-0.4, -0.2) is 79.3 Å². The molecular weight excluding hydrogens is 424 g/mol. The number of hydrogen-bond donors (Lipinski definition) is 0. The lowest BCUT2D eigenvalue weighted by molar-refractivity contribution is 0.0991. The predicted molar refractivity (Wildman–Crippen MR) is 90.4 cm³/mol. The van der Waals surface area contributed by atoms with Crippen LogP contribution in [0.3, 0.4) is 0 Å². The van der Waals surface area contributed by atoms with Crippen molar-refractivity contribution in [2.24, 2.45) is 0 Å². The van der Waals surface area contributed by atoms with Gasteiger partial charge in [-0.2, -0.15) is 16.8 Å². The highest BCUT2D eigenvalue weighted by Gasteiger charge is 2.28. The van der Waals surface area contributed by atoms with Gasteiger partial charge < -0.3 is 18.9 Å². The molecule has 2 rings (SSSR count). The molecule has 162 valence electrons. The van der Waals surface area contributed by atoms with Gasteiger partial charge >= 0.3 is 12.3 Å². The molecule has 2 fully saturated rings. The highest BCUT2D eigenvalue weighted by Crippen LogP contribution is 2.12. The lowest BCUT2D eigenvalue weighted by Crippen LogP contribution is -2.22. The van der Waals surface area contributed by atoms with E-state index in [1.54, 1.807) is 0 Å². The molecule has 2 aliphatic rings. The molecule has 0 N–H and O–H groups in total. The van der Waals surface area contributed by atoms with E-state index in [-0.39, 0.29) is 37.9 Å². The second-order valence-electron chi connectivity index (χ2n) is 6.11. The number of hydrogen-bond acceptors (Lipinski definition) is 12. The molecule has 2 atom stereocenters. The summed E-state index contributed by atoms with van der Waals surface area (Å²) in [7, 11) is -7.54. The number of carbonyl (C=O) groups is 2. The van der Waals surface area contributed by atoms with Crippen molar-refractivity contribution < 1.29 is 53.7 Å². The summed E-state index contributed by atoms with van der Waals surface area (Å²) in [5.41, 5.74) is 0. The van der Waals surface area contributed by atoms with Gasteiger partial charge in [-0.15, -0.1) is 0 Å². The van der Waals surface area contributed by atoms with Gasteiger partial charge in [0.15, 0.2) is 12.2 Å². The van der Waals surface area contributed by atoms with E-state index in [2.05, 4.69) is 18.9 Å². The average Bonchev–Trinajstić information content (AvgIpc) is 3.23. The highest BCUT2D eigenvalue weighted by atomic mass is 32.2. The minimum atomic E-state index is -3.77. The fourth-order valence-corrected chi connectivity index (χ4v) is 4.35. The highest BCUT2D eigenvalue weighted by molar-refractivity contribution is 7.86. The van der Waals surface area contributed by atoms with Crippen LogP contribution >= 0.6 is 0 Å². The van der Waals surface area contributed by atoms with Crippen LogP contribution in [-0.2, 0) is 47.5 Å². The Morgan fingerprint density at radius 3 is 1.43 bits per heavy atom. The maximum Gasteiger partial charge on any atom is 0.508 e. The summed E-state index contributed by atoms with van der Waals surface area (Å²) < 4.78 is 74.8. The standard InChI is InChI=1S/C14H22O12S2/c15-13-21-7-11(25-13)9-23-27(17,18)5-3-1-2-4-6-28(19,20)24-10-12-8-22-14(16)26-12/h11-12H,1-10H2. The van der Waals surface area contributed by atoms with E-state index in [1.807, 2.05) is 0 Å². The third kappa shape index (κ3) is 8.58. The predicted octanol–water partition coefficient (Wildman–Crippen LogP) is 0.310. The lowest BCUT2D eigenvalue weighted by Gasteiger charge is -2.09. The van der Waals surface area contributed by atoms with E-state index < -0.39 is 44.8 Å². The van der Waals surface area contributed by atoms with E-state index in [1.165, 1.54) is 0 Å². The van der Waals surface area contributed by atoms with Crippen molar-refractivity contribution in [2.75, 3.05) is 37.9 Å². The van der Waals surface area contributed by atoms with Crippen LogP contribution in [0.2, 0.25) is 0 Å². The average molecular weight is 446 g/mol. The van der Waals surface area contributed by atoms with Crippen LogP contribution in [0.15, 0.2) is 0 Å². The van der Waals surface area contributed by atoms with Crippen LogP contribution in [0, 0.1) is 0 Å². The van der Waals surface area contributed by atoms with E-state index >= 15 is 0 Å². The summed E-state index contributed by atoms with van der Waals surface area (Å²) in [4.78, 5) is 21.4. The Bertz CT molecular complexity index is 680. The summed E-state index contributed by atoms with van der Waals surface area (Å²) in [5.74, 6) is -0.463. The van der Waals surface area contributed by atoms with E-state index in [0.717, 1.165) is 0 Å². The molecule has 12 nitrogen and oxygen atoms in total. The van der Waals surface area contributed by atoms with Gasteiger partial charge in [-0.1, -0.05) is 12.8 Å². The molecule has 2 unspecified atom stereocenters. The van der Waals surface area contributed by atoms with Crippen molar-refractivity contribution in [1.29, 1.82) is 0 Å². The van der Waals surface area contributed by atoms with Gasteiger partial charge in [0.2, 0.25) is 0 Å². The maximum atomic E-state index is 11.7. The number of unbranched alkanes of at least 4 members (excludes halogenated alkanes) is 3. The van der Waals surface area contributed by atoms with E-state index in [4.69, 9.17) is 8.37 Å². The fourth-order valence-electron chi connectivity index (χ4n) is 2.28. The zero-order valence-electron chi connectivity index (χ0n) is 14.9. The van der Waals surface area contributed by atoms with E-state index in [0.29, 0.717) is 25.7 Å². The number of carbonyl (C=O) groups excluding carboxylic acids is 2. The third-order valence-corrected chi connectivity index (χ3v) is 6.27.